The van der Waals surface area contributed by atoms with Crippen molar-refractivity contribution < 1.29 is 14.3 Å². The Morgan fingerprint density at radius 1 is 1.44 bits per heavy atom. The summed E-state index contributed by atoms with van der Waals surface area (Å²) < 4.78 is 5.22. The second-order valence-corrected chi connectivity index (χ2v) is 6.00. The molecule has 100 valence electrons. The molecule has 0 saturated carbocycles. The molecular formula is C12H16ClNO3S. The highest BCUT2D eigenvalue weighted by Gasteiger charge is 2.23. The molecule has 0 radical (unpaired) electrons. The van der Waals surface area contributed by atoms with Gasteiger partial charge in [0.1, 0.15) is 6.04 Å². The quantitative estimate of drug-likeness (QED) is 0.848. The van der Waals surface area contributed by atoms with Gasteiger partial charge in [-0.05, 0) is 24.5 Å². The number of carbonyl (C=O) groups is 2. The number of ether oxygens (including phenoxy) is 1. The Hall–Kier alpha value is -1.07. The number of halogens is 1. The van der Waals surface area contributed by atoms with Gasteiger partial charge in [0.2, 0.25) is 0 Å². The van der Waals surface area contributed by atoms with Crippen molar-refractivity contribution in [1.82, 2.24) is 5.32 Å². The van der Waals surface area contributed by atoms with Gasteiger partial charge >= 0.3 is 5.97 Å². The smallest absolute Gasteiger partial charge is 0.328 e. The van der Waals surface area contributed by atoms with E-state index in [9.17, 15) is 9.59 Å². The summed E-state index contributed by atoms with van der Waals surface area (Å²) in [6, 6.07) is 2.66. The zero-order chi connectivity index (χ0) is 13.7. The zero-order valence-corrected chi connectivity index (χ0v) is 12.1. The van der Waals surface area contributed by atoms with E-state index in [0.717, 1.165) is 0 Å². The second kappa shape index (κ2) is 6.75. The van der Waals surface area contributed by atoms with Crippen LogP contribution in [0.4, 0.5) is 0 Å². The van der Waals surface area contributed by atoms with Crippen molar-refractivity contribution in [1.29, 1.82) is 0 Å². The summed E-state index contributed by atoms with van der Waals surface area (Å²) in [7, 11) is 1.31. The van der Waals surface area contributed by atoms with Gasteiger partial charge in [0.15, 0.2) is 0 Å². The third-order valence-corrected chi connectivity index (χ3v) is 3.53. The van der Waals surface area contributed by atoms with E-state index >= 15 is 0 Å². The monoisotopic (exact) mass is 289 g/mol. The van der Waals surface area contributed by atoms with Crippen molar-refractivity contribution in [3.63, 3.8) is 0 Å². The summed E-state index contributed by atoms with van der Waals surface area (Å²) in [6.07, 6.45) is 0.539. The van der Waals surface area contributed by atoms with E-state index in [0.29, 0.717) is 15.6 Å². The molecule has 0 aliphatic rings. The van der Waals surface area contributed by atoms with Crippen molar-refractivity contribution in [2.75, 3.05) is 7.11 Å². The molecule has 1 aromatic heterocycles. The third kappa shape index (κ3) is 4.31. The van der Waals surface area contributed by atoms with Gasteiger partial charge < -0.3 is 10.1 Å². The van der Waals surface area contributed by atoms with Crippen LogP contribution in [0.1, 0.15) is 29.9 Å². The maximum atomic E-state index is 11.9. The summed E-state index contributed by atoms with van der Waals surface area (Å²) >= 11 is 6.94. The first-order chi connectivity index (χ1) is 8.43. The maximum absolute atomic E-state index is 11.9. The van der Waals surface area contributed by atoms with Crippen LogP contribution in [-0.4, -0.2) is 25.0 Å². The standard InChI is InChI=1S/C12H16ClNO3S/c1-7(2)6-8(12(16)17-3)14-11(15)9-4-5-10(13)18-9/h4-5,7-8H,6H2,1-3H3,(H,14,15). The van der Waals surface area contributed by atoms with E-state index in [4.69, 9.17) is 11.6 Å². The first-order valence-corrected chi connectivity index (χ1v) is 6.77. The Bertz CT molecular complexity index is 431. The maximum Gasteiger partial charge on any atom is 0.328 e. The van der Waals surface area contributed by atoms with Gasteiger partial charge in [-0.3, -0.25) is 4.79 Å². The lowest BCUT2D eigenvalue weighted by atomic mass is 10.0. The minimum Gasteiger partial charge on any atom is -0.467 e. The summed E-state index contributed by atoms with van der Waals surface area (Å²) in [5.74, 6) is -0.455. The molecule has 1 amide bonds. The number of carbonyl (C=O) groups excluding carboxylic acids is 2. The zero-order valence-electron chi connectivity index (χ0n) is 10.5. The van der Waals surface area contributed by atoms with E-state index in [1.54, 1.807) is 12.1 Å². The number of rotatable bonds is 5. The molecule has 1 heterocycles. The van der Waals surface area contributed by atoms with Crippen molar-refractivity contribution in [3.05, 3.63) is 21.3 Å². The van der Waals surface area contributed by atoms with Crippen LogP contribution in [0.15, 0.2) is 12.1 Å². The summed E-state index contributed by atoms with van der Waals surface area (Å²) in [5.41, 5.74) is 0. The molecule has 6 heteroatoms. The first kappa shape index (κ1) is 15.0. The Balaban J connectivity index is 2.71. The normalized spacial score (nSPS) is 12.3. The molecule has 0 fully saturated rings. The largest absolute Gasteiger partial charge is 0.467 e. The van der Waals surface area contributed by atoms with Gasteiger partial charge in [-0.2, -0.15) is 0 Å². The first-order valence-electron chi connectivity index (χ1n) is 5.58. The average Bonchev–Trinajstić information content (AvgIpc) is 2.73. The number of hydrogen-bond acceptors (Lipinski definition) is 4. The fourth-order valence-electron chi connectivity index (χ4n) is 1.49. The van der Waals surface area contributed by atoms with Crippen LogP contribution < -0.4 is 5.32 Å². The fraction of sp³-hybridized carbons (Fsp3) is 0.500. The fourth-order valence-corrected chi connectivity index (χ4v) is 2.44. The molecule has 4 nitrogen and oxygen atoms in total. The van der Waals surface area contributed by atoms with E-state index in [1.165, 1.54) is 18.4 Å². The van der Waals surface area contributed by atoms with Crippen LogP contribution in [0.2, 0.25) is 4.34 Å². The molecule has 1 atom stereocenters. The predicted octanol–water partition coefficient (Wildman–Crippen LogP) is 2.72. The Morgan fingerprint density at radius 3 is 2.56 bits per heavy atom. The topological polar surface area (TPSA) is 55.4 Å². The van der Waals surface area contributed by atoms with E-state index in [-0.39, 0.29) is 11.8 Å². The highest BCUT2D eigenvalue weighted by molar-refractivity contribution is 7.18. The Labute approximate surface area is 115 Å². The third-order valence-electron chi connectivity index (χ3n) is 2.30. The van der Waals surface area contributed by atoms with E-state index < -0.39 is 12.0 Å². The minimum atomic E-state index is -0.622. The number of thiophene rings is 1. The van der Waals surface area contributed by atoms with Gasteiger partial charge in [0, 0.05) is 0 Å². The van der Waals surface area contributed by atoms with Crippen molar-refractivity contribution in [3.8, 4) is 0 Å². The molecule has 1 rings (SSSR count). The van der Waals surface area contributed by atoms with Crippen LogP contribution >= 0.6 is 22.9 Å². The van der Waals surface area contributed by atoms with Crippen molar-refractivity contribution >= 4 is 34.8 Å². The molecule has 1 N–H and O–H groups in total. The summed E-state index contributed by atoms with van der Waals surface area (Å²) in [4.78, 5) is 23.9. The average molecular weight is 290 g/mol. The molecule has 0 bridgehead atoms. The van der Waals surface area contributed by atoms with Crippen molar-refractivity contribution in [2.24, 2.45) is 5.92 Å². The molecular weight excluding hydrogens is 274 g/mol. The van der Waals surface area contributed by atoms with Crippen LogP contribution in [0.25, 0.3) is 0 Å². The van der Waals surface area contributed by atoms with Gasteiger partial charge in [-0.25, -0.2) is 4.79 Å². The molecule has 1 unspecified atom stereocenters. The molecule has 18 heavy (non-hydrogen) atoms. The van der Waals surface area contributed by atoms with Crippen molar-refractivity contribution in [2.45, 2.75) is 26.3 Å². The summed E-state index contributed by atoms with van der Waals surface area (Å²) in [5, 5.41) is 2.67. The molecule has 0 saturated heterocycles. The molecule has 0 spiro atoms. The Morgan fingerprint density at radius 2 is 2.11 bits per heavy atom. The lowest BCUT2D eigenvalue weighted by Crippen LogP contribution is -2.42. The van der Waals surface area contributed by atoms with Gasteiger partial charge in [0.05, 0.1) is 16.3 Å². The lowest BCUT2D eigenvalue weighted by Gasteiger charge is -2.17. The van der Waals surface area contributed by atoms with Crippen LogP contribution in [0, 0.1) is 5.92 Å². The van der Waals surface area contributed by atoms with Crippen LogP contribution in [0.3, 0.4) is 0 Å². The minimum absolute atomic E-state index is 0.279. The molecule has 0 aliphatic heterocycles. The highest BCUT2D eigenvalue weighted by atomic mass is 35.5. The second-order valence-electron chi connectivity index (χ2n) is 4.28. The number of methoxy groups -OCH3 is 1. The molecule has 1 aromatic rings. The number of hydrogen-bond donors (Lipinski definition) is 1. The van der Waals surface area contributed by atoms with Crippen LogP contribution in [0.5, 0.6) is 0 Å². The van der Waals surface area contributed by atoms with Gasteiger partial charge in [-0.15, -0.1) is 11.3 Å². The number of amides is 1. The number of nitrogens with one attached hydrogen (secondary N) is 1. The Kier molecular flexibility index (Phi) is 5.62. The SMILES string of the molecule is COC(=O)C(CC(C)C)NC(=O)c1ccc(Cl)s1. The van der Waals surface area contributed by atoms with E-state index in [1.807, 2.05) is 13.8 Å². The van der Waals surface area contributed by atoms with Gasteiger partial charge in [0.25, 0.3) is 5.91 Å². The predicted molar refractivity (Wildman–Crippen MR) is 72.1 cm³/mol. The molecule has 0 aromatic carbocycles. The number of esters is 1. The van der Waals surface area contributed by atoms with Gasteiger partial charge in [-0.1, -0.05) is 25.4 Å². The van der Waals surface area contributed by atoms with Crippen LogP contribution in [-0.2, 0) is 9.53 Å². The summed E-state index contributed by atoms with van der Waals surface area (Å²) in [6.45, 7) is 3.95. The molecule has 0 aliphatic carbocycles. The van der Waals surface area contributed by atoms with E-state index in [2.05, 4.69) is 10.1 Å². The highest BCUT2D eigenvalue weighted by Crippen LogP contribution is 2.21. The lowest BCUT2D eigenvalue weighted by molar-refractivity contribution is -0.143.